The Balaban J connectivity index is 2.47. The zero-order chi connectivity index (χ0) is 12.9. The summed E-state index contributed by atoms with van der Waals surface area (Å²) in [4.78, 5) is 10.6. The minimum Gasteiger partial charge on any atom is -0.390 e. The van der Waals surface area contributed by atoms with Gasteiger partial charge in [0, 0.05) is 12.8 Å². The molecule has 1 N–H and O–H groups in total. The van der Waals surface area contributed by atoms with E-state index in [1.165, 1.54) is 5.56 Å². The van der Waals surface area contributed by atoms with E-state index in [2.05, 4.69) is 0 Å². The minimum absolute atomic E-state index is 0.274. The number of carbonyl (C=O) groups excluding carboxylic acids is 1. The minimum atomic E-state index is -0.674. The van der Waals surface area contributed by atoms with Gasteiger partial charge in [-0.25, -0.2) is 0 Å². The lowest BCUT2D eigenvalue weighted by Gasteiger charge is -2.17. The first kappa shape index (κ1) is 14.2. The van der Waals surface area contributed by atoms with Crippen molar-refractivity contribution in [3.05, 3.63) is 35.4 Å². The van der Waals surface area contributed by atoms with Crippen molar-refractivity contribution >= 4 is 16.8 Å². The molecule has 17 heavy (non-hydrogen) atoms. The molecule has 0 bridgehead atoms. The second kappa shape index (κ2) is 6.18. The van der Waals surface area contributed by atoms with Gasteiger partial charge in [-0.2, -0.15) is 0 Å². The van der Waals surface area contributed by atoms with Crippen molar-refractivity contribution < 1.29 is 9.90 Å². The highest BCUT2D eigenvalue weighted by atomic mass is 35.5. The van der Waals surface area contributed by atoms with Crippen molar-refractivity contribution in [2.75, 3.05) is 0 Å². The highest BCUT2D eigenvalue weighted by Crippen LogP contribution is 2.14. The lowest BCUT2D eigenvalue weighted by atomic mass is 9.97. The quantitative estimate of drug-likeness (QED) is 0.792. The topological polar surface area (TPSA) is 37.3 Å². The van der Waals surface area contributed by atoms with Gasteiger partial charge < -0.3 is 5.11 Å². The molecule has 0 spiro atoms. The van der Waals surface area contributed by atoms with Crippen LogP contribution >= 0.6 is 11.6 Å². The molecule has 0 fully saturated rings. The zero-order valence-corrected chi connectivity index (χ0v) is 11.1. The van der Waals surface area contributed by atoms with Crippen LogP contribution in [-0.4, -0.2) is 16.0 Å². The van der Waals surface area contributed by atoms with Crippen LogP contribution < -0.4 is 0 Å². The van der Waals surface area contributed by atoms with Crippen LogP contribution in [0.1, 0.15) is 37.8 Å². The van der Waals surface area contributed by atoms with E-state index in [0.29, 0.717) is 12.8 Å². The average Bonchev–Trinajstić information content (AvgIpc) is 2.18. The number of aliphatic hydroxyl groups is 1. The van der Waals surface area contributed by atoms with E-state index in [0.717, 1.165) is 18.4 Å². The molecular formula is C14H19ClO2. The maximum absolute atomic E-state index is 10.6. The summed E-state index contributed by atoms with van der Waals surface area (Å²) in [6.45, 7) is 3.60. The van der Waals surface area contributed by atoms with Crippen LogP contribution in [0.15, 0.2) is 24.3 Å². The van der Waals surface area contributed by atoms with Crippen molar-refractivity contribution in [3.8, 4) is 0 Å². The SMILES string of the molecule is CC(C)(O)Cc1ccc(CCCC(=O)Cl)cc1. The first-order valence-corrected chi connectivity index (χ1v) is 6.23. The lowest BCUT2D eigenvalue weighted by Crippen LogP contribution is -2.21. The maximum atomic E-state index is 10.6. The third-order valence-electron chi connectivity index (χ3n) is 2.50. The van der Waals surface area contributed by atoms with Gasteiger partial charge in [-0.15, -0.1) is 0 Å². The standard InChI is InChI=1S/C14H19ClO2/c1-14(2,17)10-12-8-6-11(7-9-12)4-3-5-13(15)16/h6-9,17H,3-5,10H2,1-2H3. The number of benzene rings is 1. The molecule has 0 aromatic heterocycles. The Morgan fingerprint density at radius 2 is 1.76 bits per heavy atom. The molecule has 94 valence electrons. The molecule has 0 aliphatic rings. The Labute approximate surface area is 108 Å². The van der Waals surface area contributed by atoms with Crippen molar-refractivity contribution in [1.82, 2.24) is 0 Å². The van der Waals surface area contributed by atoms with E-state index in [1.807, 2.05) is 24.3 Å². The van der Waals surface area contributed by atoms with Crippen LogP contribution in [0.5, 0.6) is 0 Å². The normalized spacial score (nSPS) is 11.5. The molecule has 1 rings (SSSR count). The summed E-state index contributed by atoms with van der Waals surface area (Å²) in [5.41, 5.74) is 1.64. The van der Waals surface area contributed by atoms with E-state index in [4.69, 9.17) is 11.6 Å². The fourth-order valence-electron chi connectivity index (χ4n) is 1.75. The molecule has 0 aliphatic carbocycles. The van der Waals surface area contributed by atoms with Gasteiger partial charge in [0.1, 0.15) is 0 Å². The second-order valence-electron chi connectivity index (χ2n) is 5.01. The fourth-order valence-corrected chi connectivity index (χ4v) is 1.89. The Morgan fingerprint density at radius 1 is 1.24 bits per heavy atom. The smallest absolute Gasteiger partial charge is 0.221 e. The van der Waals surface area contributed by atoms with Crippen LogP contribution in [0.4, 0.5) is 0 Å². The molecule has 0 atom stereocenters. The average molecular weight is 255 g/mol. The van der Waals surface area contributed by atoms with Crippen molar-refractivity contribution in [3.63, 3.8) is 0 Å². The summed E-state index contributed by atoms with van der Waals surface area (Å²) in [7, 11) is 0. The monoisotopic (exact) mass is 254 g/mol. The summed E-state index contributed by atoms with van der Waals surface area (Å²) >= 11 is 5.28. The number of aryl methyl sites for hydroxylation is 1. The Kier molecular flexibility index (Phi) is 5.16. The summed E-state index contributed by atoms with van der Waals surface area (Å²) in [5, 5.41) is 9.42. The molecule has 1 aromatic rings. The molecule has 0 radical (unpaired) electrons. The molecule has 0 saturated carbocycles. The van der Waals surface area contributed by atoms with Crippen molar-refractivity contribution in [1.29, 1.82) is 0 Å². The molecule has 3 heteroatoms. The fraction of sp³-hybridized carbons (Fsp3) is 0.500. The van der Waals surface area contributed by atoms with Gasteiger partial charge in [-0.1, -0.05) is 24.3 Å². The van der Waals surface area contributed by atoms with E-state index in [9.17, 15) is 9.90 Å². The number of hydrogen-bond donors (Lipinski definition) is 1. The Bertz CT molecular complexity index is 363. The van der Waals surface area contributed by atoms with Crippen LogP contribution in [0.2, 0.25) is 0 Å². The van der Waals surface area contributed by atoms with E-state index < -0.39 is 5.60 Å². The summed E-state index contributed by atoms with van der Waals surface area (Å²) in [5.74, 6) is 0. The number of halogens is 1. The molecule has 0 amide bonds. The largest absolute Gasteiger partial charge is 0.390 e. The molecule has 0 aliphatic heterocycles. The molecule has 0 unspecified atom stereocenters. The van der Waals surface area contributed by atoms with Gasteiger partial charge in [0.2, 0.25) is 5.24 Å². The lowest BCUT2D eigenvalue weighted by molar-refractivity contribution is -0.111. The Morgan fingerprint density at radius 3 is 2.24 bits per heavy atom. The van der Waals surface area contributed by atoms with Crippen LogP contribution in [0.25, 0.3) is 0 Å². The molecule has 2 nitrogen and oxygen atoms in total. The molecule has 0 saturated heterocycles. The number of hydrogen-bond acceptors (Lipinski definition) is 2. The highest BCUT2D eigenvalue weighted by molar-refractivity contribution is 6.63. The summed E-state index contributed by atoms with van der Waals surface area (Å²) in [6, 6.07) is 8.13. The van der Waals surface area contributed by atoms with Gasteiger partial charge in [0.15, 0.2) is 0 Å². The molecule has 0 heterocycles. The van der Waals surface area contributed by atoms with Gasteiger partial charge in [-0.3, -0.25) is 4.79 Å². The third-order valence-corrected chi connectivity index (χ3v) is 2.69. The maximum Gasteiger partial charge on any atom is 0.221 e. The first-order valence-electron chi connectivity index (χ1n) is 5.85. The van der Waals surface area contributed by atoms with Gasteiger partial charge in [0.05, 0.1) is 5.60 Å². The van der Waals surface area contributed by atoms with Gasteiger partial charge in [0.25, 0.3) is 0 Å². The Hall–Kier alpha value is -0.860. The van der Waals surface area contributed by atoms with E-state index >= 15 is 0 Å². The first-order chi connectivity index (χ1) is 7.87. The highest BCUT2D eigenvalue weighted by Gasteiger charge is 2.12. The van der Waals surface area contributed by atoms with Crippen molar-refractivity contribution in [2.24, 2.45) is 0 Å². The molecule has 1 aromatic carbocycles. The molecular weight excluding hydrogens is 236 g/mol. The zero-order valence-electron chi connectivity index (χ0n) is 10.4. The third kappa shape index (κ3) is 6.44. The second-order valence-corrected chi connectivity index (χ2v) is 5.44. The van der Waals surface area contributed by atoms with Crippen LogP contribution in [-0.2, 0) is 17.6 Å². The predicted molar refractivity (Wildman–Crippen MR) is 70.2 cm³/mol. The predicted octanol–water partition coefficient (Wildman–Crippen LogP) is 3.09. The van der Waals surface area contributed by atoms with Gasteiger partial charge >= 0.3 is 0 Å². The van der Waals surface area contributed by atoms with Gasteiger partial charge in [-0.05, 0) is 49.4 Å². The van der Waals surface area contributed by atoms with Crippen molar-refractivity contribution in [2.45, 2.75) is 45.1 Å². The number of carbonyl (C=O) groups is 1. The van der Waals surface area contributed by atoms with E-state index in [-0.39, 0.29) is 5.24 Å². The van der Waals surface area contributed by atoms with Crippen LogP contribution in [0.3, 0.4) is 0 Å². The summed E-state index contributed by atoms with van der Waals surface area (Å²) in [6.07, 6.45) is 2.72. The van der Waals surface area contributed by atoms with Crippen LogP contribution in [0, 0.1) is 0 Å². The van der Waals surface area contributed by atoms with E-state index in [1.54, 1.807) is 13.8 Å². The number of rotatable bonds is 6. The summed E-state index contributed by atoms with van der Waals surface area (Å²) < 4.78 is 0.